The maximum Gasteiger partial charge on any atom is 0.314 e. The highest BCUT2D eigenvalue weighted by atomic mass is 35.5. The maximum atomic E-state index is 13.2. The Bertz CT molecular complexity index is 1190. The van der Waals surface area contributed by atoms with Gasteiger partial charge >= 0.3 is 11.8 Å². The van der Waals surface area contributed by atoms with Crippen LogP contribution >= 0.6 is 22.9 Å². The molecule has 2 aromatic heterocycles. The molecule has 0 saturated heterocycles. The van der Waals surface area contributed by atoms with Crippen molar-refractivity contribution in [1.82, 2.24) is 30.8 Å². The van der Waals surface area contributed by atoms with Gasteiger partial charge in [0, 0.05) is 56.1 Å². The molecule has 4 atom stereocenters. The van der Waals surface area contributed by atoms with Crippen molar-refractivity contribution < 1.29 is 19.2 Å². The number of hydrogen-bond donors (Lipinski definition) is 4. The van der Waals surface area contributed by atoms with Gasteiger partial charge in [-0.05, 0) is 38.3 Å². The van der Waals surface area contributed by atoms with Gasteiger partial charge < -0.3 is 26.2 Å². The summed E-state index contributed by atoms with van der Waals surface area (Å²) in [6.07, 6.45) is 3.37. The van der Waals surface area contributed by atoms with Gasteiger partial charge in [0.15, 0.2) is 5.01 Å². The quantitative estimate of drug-likeness (QED) is 0.413. The number of anilines is 1. The highest BCUT2D eigenvalue weighted by molar-refractivity contribution is 7.13. The maximum absolute atomic E-state index is 13.2. The van der Waals surface area contributed by atoms with Crippen LogP contribution in [0.1, 0.15) is 46.6 Å². The predicted octanol–water partition coefficient (Wildman–Crippen LogP) is 1.34. The second-order valence-electron chi connectivity index (χ2n) is 9.59. The third-order valence-electron chi connectivity index (χ3n) is 6.53. The SMILES string of the molecule is C[C@H]1Cc2nc(C(=O)N[C@H]3C[C@@H](C(=O)N(C)C)CC[C@@H]3NC(=O)C(=O)Nc3ccc(Cl)cn3)sc2CN1. The summed E-state index contributed by atoms with van der Waals surface area (Å²) in [7, 11) is 3.38. The lowest BCUT2D eigenvalue weighted by Crippen LogP contribution is -2.57. The van der Waals surface area contributed by atoms with Crippen molar-refractivity contribution in [2.24, 2.45) is 5.92 Å². The van der Waals surface area contributed by atoms with Crippen molar-refractivity contribution in [1.29, 1.82) is 0 Å². The molecule has 0 unspecified atom stereocenters. The van der Waals surface area contributed by atoms with Gasteiger partial charge in [0.05, 0.1) is 16.8 Å². The molecule has 1 saturated carbocycles. The molecule has 37 heavy (non-hydrogen) atoms. The predicted molar refractivity (Wildman–Crippen MR) is 139 cm³/mol. The Labute approximate surface area is 223 Å². The molecule has 0 aromatic carbocycles. The highest BCUT2D eigenvalue weighted by Gasteiger charge is 2.37. The van der Waals surface area contributed by atoms with Gasteiger partial charge in [-0.25, -0.2) is 9.97 Å². The summed E-state index contributed by atoms with van der Waals surface area (Å²) in [5.41, 5.74) is 0.919. The molecule has 3 heterocycles. The fourth-order valence-electron chi connectivity index (χ4n) is 4.59. The second kappa shape index (κ2) is 11.5. The largest absolute Gasteiger partial charge is 0.349 e. The summed E-state index contributed by atoms with van der Waals surface area (Å²) in [6.45, 7) is 2.74. The average molecular weight is 548 g/mol. The van der Waals surface area contributed by atoms with Crippen molar-refractivity contribution in [2.45, 2.75) is 57.3 Å². The van der Waals surface area contributed by atoms with Gasteiger partial charge in [0.1, 0.15) is 5.82 Å². The molecule has 198 valence electrons. The van der Waals surface area contributed by atoms with E-state index in [2.05, 4.69) is 38.2 Å². The Balaban J connectivity index is 1.45. The number of pyridine rings is 1. The van der Waals surface area contributed by atoms with Crippen molar-refractivity contribution in [3.05, 3.63) is 38.9 Å². The standard InChI is InChI=1S/C24H30ClN7O4S/c1-12-8-17-18(11-26-12)37-23(30-17)22(35)29-16-9-13(24(36)32(2)3)4-6-15(16)28-20(33)21(34)31-19-7-5-14(25)10-27-19/h5,7,10,12-13,15-16,26H,4,6,8-9,11H2,1-3H3,(H,28,33)(H,29,35)(H,27,31,34)/t12-,13-,15-,16-/m0/s1. The third kappa shape index (κ3) is 6.62. The number of thiazole rings is 1. The smallest absolute Gasteiger partial charge is 0.314 e. The second-order valence-corrected chi connectivity index (χ2v) is 11.1. The first-order chi connectivity index (χ1) is 17.6. The summed E-state index contributed by atoms with van der Waals surface area (Å²) in [4.78, 5) is 62.0. The number of nitrogens with zero attached hydrogens (tertiary/aromatic N) is 3. The van der Waals surface area contributed by atoms with Crippen LogP contribution in [0.5, 0.6) is 0 Å². The number of hydrogen-bond acceptors (Lipinski definition) is 8. The Kier molecular flexibility index (Phi) is 8.40. The molecule has 0 bridgehead atoms. The lowest BCUT2D eigenvalue weighted by atomic mass is 9.81. The van der Waals surface area contributed by atoms with E-state index in [0.717, 1.165) is 17.0 Å². The van der Waals surface area contributed by atoms with Crippen LogP contribution in [-0.4, -0.2) is 70.7 Å². The number of nitrogens with one attached hydrogen (secondary N) is 4. The van der Waals surface area contributed by atoms with Gasteiger partial charge in [-0.15, -0.1) is 11.3 Å². The zero-order valence-corrected chi connectivity index (χ0v) is 22.4. The Morgan fingerprint density at radius 2 is 1.89 bits per heavy atom. The molecule has 1 aliphatic heterocycles. The van der Waals surface area contributed by atoms with E-state index < -0.39 is 23.9 Å². The van der Waals surface area contributed by atoms with Crippen molar-refractivity contribution >= 4 is 52.4 Å². The van der Waals surface area contributed by atoms with Crippen molar-refractivity contribution in [2.75, 3.05) is 19.4 Å². The topological polar surface area (TPSA) is 145 Å². The summed E-state index contributed by atoms with van der Waals surface area (Å²) in [6, 6.07) is 2.22. The molecule has 2 aliphatic rings. The van der Waals surface area contributed by atoms with Gasteiger partial charge in [-0.2, -0.15) is 0 Å². The number of aromatic nitrogens is 2. The van der Waals surface area contributed by atoms with Crippen LogP contribution in [0.25, 0.3) is 0 Å². The van der Waals surface area contributed by atoms with E-state index in [1.54, 1.807) is 20.2 Å². The summed E-state index contributed by atoms with van der Waals surface area (Å²) < 4.78 is 0. The molecular formula is C24H30ClN7O4S. The molecule has 1 aliphatic carbocycles. The minimum Gasteiger partial charge on any atom is -0.349 e. The van der Waals surface area contributed by atoms with E-state index >= 15 is 0 Å². The van der Waals surface area contributed by atoms with E-state index in [1.165, 1.54) is 28.5 Å². The van der Waals surface area contributed by atoms with Gasteiger partial charge in [0.2, 0.25) is 5.91 Å². The lowest BCUT2D eigenvalue weighted by Gasteiger charge is -2.37. The fraction of sp³-hybridized carbons (Fsp3) is 0.500. The molecule has 11 nitrogen and oxygen atoms in total. The van der Waals surface area contributed by atoms with Crippen molar-refractivity contribution in [3.63, 3.8) is 0 Å². The highest BCUT2D eigenvalue weighted by Crippen LogP contribution is 2.28. The molecule has 4 amide bonds. The third-order valence-corrected chi connectivity index (χ3v) is 7.85. The first-order valence-electron chi connectivity index (χ1n) is 12.1. The van der Waals surface area contributed by atoms with Gasteiger partial charge in [-0.1, -0.05) is 11.6 Å². The molecule has 0 spiro atoms. The Morgan fingerprint density at radius 3 is 2.59 bits per heavy atom. The molecule has 4 rings (SSSR count). The number of carbonyl (C=O) groups excluding carboxylic acids is 4. The van der Waals surface area contributed by atoms with E-state index in [9.17, 15) is 19.2 Å². The minimum atomic E-state index is -0.888. The van der Waals surface area contributed by atoms with Crippen LogP contribution in [0.3, 0.4) is 0 Å². The monoisotopic (exact) mass is 547 g/mol. The summed E-state index contributed by atoms with van der Waals surface area (Å²) >= 11 is 7.15. The molecule has 1 fully saturated rings. The zero-order chi connectivity index (χ0) is 26.7. The van der Waals surface area contributed by atoms with E-state index in [1.807, 2.05) is 0 Å². The van der Waals surface area contributed by atoms with Gasteiger partial charge in [0.25, 0.3) is 5.91 Å². The minimum absolute atomic E-state index is 0.0413. The molecule has 2 aromatic rings. The number of carbonyl (C=O) groups is 4. The molecule has 0 radical (unpaired) electrons. The number of amides is 4. The number of halogens is 1. The van der Waals surface area contributed by atoms with Crippen LogP contribution in [0.4, 0.5) is 5.82 Å². The van der Waals surface area contributed by atoms with Crippen LogP contribution in [0.2, 0.25) is 5.02 Å². The number of rotatable bonds is 5. The average Bonchev–Trinajstić information content (AvgIpc) is 3.29. The Hall–Kier alpha value is -3.09. The zero-order valence-electron chi connectivity index (χ0n) is 20.8. The van der Waals surface area contributed by atoms with Crippen LogP contribution < -0.4 is 21.3 Å². The summed E-state index contributed by atoms with van der Waals surface area (Å²) in [5, 5.41) is 12.2. The lowest BCUT2D eigenvalue weighted by molar-refractivity contribution is -0.137. The number of fused-ring (bicyclic) bond motifs is 1. The van der Waals surface area contributed by atoms with Crippen LogP contribution in [-0.2, 0) is 27.3 Å². The normalized spacial score (nSPS) is 22.9. The van der Waals surface area contributed by atoms with Gasteiger partial charge in [-0.3, -0.25) is 19.2 Å². The first-order valence-corrected chi connectivity index (χ1v) is 13.3. The van der Waals surface area contributed by atoms with E-state index in [-0.39, 0.29) is 29.6 Å². The van der Waals surface area contributed by atoms with E-state index in [4.69, 9.17) is 11.6 Å². The summed E-state index contributed by atoms with van der Waals surface area (Å²) in [5.74, 6) is -2.27. The van der Waals surface area contributed by atoms with Crippen molar-refractivity contribution in [3.8, 4) is 0 Å². The molecule has 13 heteroatoms. The molecule has 4 N–H and O–H groups in total. The first kappa shape index (κ1) is 27.0. The molecular weight excluding hydrogens is 518 g/mol. The van der Waals surface area contributed by atoms with Crippen LogP contribution in [0, 0.1) is 5.92 Å². The van der Waals surface area contributed by atoms with Crippen LogP contribution in [0.15, 0.2) is 18.3 Å². The fourth-order valence-corrected chi connectivity index (χ4v) is 5.64. The van der Waals surface area contributed by atoms with E-state index in [0.29, 0.717) is 35.8 Å². The Morgan fingerprint density at radius 1 is 1.11 bits per heavy atom.